The maximum Gasteiger partial charge on any atom is -0.0353 e. The first kappa shape index (κ1) is 19.7. The van der Waals surface area contributed by atoms with E-state index in [1.165, 1.54) is 83.5 Å². The third-order valence-electron chi connectivity index (χ3n) is 4.55. The van der Waals surface area contributed by atoms with Crippen LogP contribution in [0, 0.1) is 11.8 Å². The van der Waals surface area contributed by atoms with Crippen LogP contribution in [0.5, 0.6) is 0 Å². The molecule has 0 rings (SSSR count). The van der Waals surface area contributed by atoms with Gasteiger partial charge in [0.25, 0.3) is 0 Å². The maximum atomic E-state index is 3.78. The molecule has 0 fully saturated rings. The second-order valence-corrected chi connectivity index (χ2v) is 6.92. The molecule has 0 aromatic rings. The van der Waals surface area contributed by atoms with E-state index in [1.807, 2.05) is 6.08 Å². The largest absolute Gasteiger partial charge is 0.103 e. The van der Waals surface area contributed by atoms with E-state index < -0.39 is 0 Å². The Balaban J connectivity index is 3.27. The van der Waals surface area contributed by atoms with Crippen LogP contribution in [0.3, 0.4) is 0 Å². The lowest BCUT2D eigenvalue weighted by atomic mass is 9.92. The molecule has 0 unspecified atom stereocenters. The van der Waals surface area contributed by atoms with E-state index in [2.05, 4.69) is 27.4 Å². The van der Waals surface area contributed by atoms with Gasteiger partial charge in [-0.2, -0.15) is 0 Å². The molecule has 0 saturated carbocycles. The normalized spacial score (nSPS) is 14.2. The van der Waals surface area contributed by atoms with Crippen LogP contribution in [-0.2, 0) is 0 Å². The van der Waals surface area contributed by atoms with Crippen LogP contribution in [0.2, 0.25) is 0 Å². The van der Waals surface area contributed by atoms with Gasteiger partial charge in [0.15, 0.2) is 0 Å². The van der Waals surface area contributed by atoms with Crippen LogP contribution in [0.4, 0.5) is 0 Å². The van der Waals surface area contributed by atoms with Gasteiger partial charge >= 0.3 is 0 Å². The quantitative estimate of drug-likeness (QED) is 0.215. The highest BCUT2D eigenvalue weighted by molar-refractivity contribution is 4.65. The van der Waals surface area contributed by atoms with E-state index in [4.69, 9.17) is 0 Å². The van der Waals surface area contributed by atoms with Gasteiger partial charge in [-0.25, -0.2) is 0 Å². The Hall–Kier alpha value is -0.260. The van der Waals surface area contributed by atoms with Gasteiger partial charge in [-0.15, -0.1) is 6.58 Å². The molecule has 0 spiro atoms. The zero-order valence-corrected chi connectivity index (χ0v) is 14.6. The molecule has 0 aromatic heterocycles. The van der Waals surface area contributed by atoms with Crippen molar-refractivity contribution in [3.63, 3.8) is 0 Å². The molecule has 0 nitrogen and oxygen atoms in total. The number of rotatable bonds is 15. The summed E-state index contributed by atoms with van der Waals surface area (Å²) in [6, 6.07) is 0. The van der Waals surface area contributed by atoms with Crippen molar-refractivity contribution in [3.05, 3.63) is 12.7 Å². The maximum absolute atomic E-state index is 3.78. The monoisotopic (exact) mass is 280 g/mol. The Morgan fingerprint density at radius 2 is 1.20 bits per heavy atom. The highest BCUT2D eigenvalue weighted by atomic mass is 14.1. The zero-order chi connectivity index (χ0) is 15.1. The molecule has 0 heteroatoms. The van der Waals surface area contributed by atoms with Crippen LogP contribution in [0.25, 0.3) is 0 Å². The Labute approximate surface area is 129 Å². The lowest BCUT2D eigenvalue weighted by Crippen LogP contribution is -1.99. The van der Waals surface area contributed by atoms with Gasteiger partial charge in [-0.05, 0) is 24.7 Å². The smallest absolute Gasteiger partial charge is 0.0353 e. The van der Waals surface area contributed by atoms with Gasteiger partial charge in [0.2, 0.25) is 0 Å². The summed E-state index contributed by atoms with van der Waals surface area (Å²) < 4.78 is 0. The second kappa shape index (κ2) is 15.1. The summed E-state index contributed by atoms with van der Waals surface area (Å²) in [7, 11) is 0. The van der Waals surface area contributed by atoms with Crippen molar-refractivity contribution in [3.8, 4) is 0 Å². The number of hydrogen-bond acceptors (Lipinski definition) is 0. The fourth-order valence-electron chi connectivity index (χ4n) is 2.97. The van der Waals surface area contributed by atoms with Gasteiger partial charge in [0.05, 0.1) is 0 Å². The Morgan fingerprint density at radius 3 is 1.80 bits per heavy atom. The standard InChI is InChI=1S/C20H40/c1-5-7-9-10-11-12-13-16-20(4)18-14-17-19(3)15-8-6-2/h5,19-20H,1,6-18H2,2-4H3/t19-,20-/m0/s1. The van der Waals surface area contributed by atoms with E-state index in [9.17, 15) is 0 Å². The molecule has 0 N–H and O–H groups in total. The van der Waals surface area contributed by atoms with Crippen LogP contribution in [-0.4, -0.2) is 0 Å². The molecular formula is C20H40. The molecule has 0 aromatic carbocycles. The van der Waals surface area contributed by atoms with Crippen molar-refractivity contribution in [1.82, 2.24) is 0 Å². The van der Waals surface area contributed by atoms with E-state index in [1.54, 1.807) is 0 Å². The molecule has 0 heterocycles. The average molecular weight is 281 g/mol. The molecule has 120 valence electrons. The topological polar surface area (TPSA) is 0 Å². The summed E-state index contributed by atoms with van der Waals surface area (Å²) >= 11 is 0. The van der Waals surface area contributed by atoms with Crippen molar-refractivity contribution in [1.29, 1.82) is 0 Å². The molecule has 20 heavy (non-hydrogen) atoms. The van der Waals surface area contributed by atoms with Gasteiger partial charge in [-0.3, -0.25) is 0 Å². The molecule has 0 aliphatic heterocycles. The first-order chi connectivity index (χ1) is 9.70. The van der Waals surface area contributed by atoms with Gasteiger partial charge in [-0.1, -0.05) is 97.5 Å². The fraction of sp³-hybridized carbons (Fsp3) is 0.900. The van der Waals surface area contributed by atoms with E-state index >= 15 is 0 Å². The number of allylic oxidation sites excluding steroid dienone is 1. The summed E-state index contributed by atoms with van der Waals surface area (Å²) in [5, 5.41) is 0. The lowest BCUT2D eigenvalue weighted by Gasteiger charge is -2.14. The molecule has 0 saturated heterocycles. The van der Waals surface area contributed by atoms with Crippen molar-refractivity contribution in [2.75, 3.05) is 0 Å². The highest BCUT2D eigenvalue weighted by Gasteiger charge is 2.05. The summed E-state index contributed by atoms with van der Waals surface area (Å²) in [6.45, 7) is 11.0. The zero-order valence-electron chi connectivity index (χ0n) is 14.6. The van der Waals surface area contributed by atoms with Crippen molar-refractivity contribution < 1.29 is 0 Å². The SMILES string of the molecule is C=CCCCCCCC[C@H](C)CCC[C@@H](C)CCCC. The van der Waals surface area contributed by atoms with Crippen LogP contribution >= 0.6 is 0 Å². The van der Waals surface area contributed by atoms with E-state index in [-0.39, 0.29) is 0 Å². The van der Waals surface area contributed by atoms with Crippen LogP contribution in [0.1, 0.15) is 104 Å². The first-order valence-corrected chi connectivity index (χ1v) is 9.31. The number of unbranched alkanes of at least 4 members (excludes halogenated alkanes) is 6. The summed E-state index contributed by atoms with van der Waals surface area (Å²) in [5.41, 5.74) is 0. The van der Waals surface area contributed by atoms with E-state index in [0.717, 1.165) is 11.8 Å². The lowest BCUT2D eigenvalue weighted by molar-refractivity contribution is 0.394. The Kier molecular flexibility index (Phi) is 14.9. The minimum absolute atomic E-state index is 0.946. The third kappa shape index (κ3) is 14.2. The van der Waals surface area contributed by atoms with Gasteiger partial charge < -0.3 is 0 Å². The molecule has 0 aliphatic carbocycles. The summed E-state index contributed by atoms with van der Waals surface area (Å²) in [6.07, 6.45) is 20.3. The second-order valence-electron chi connectivity index (χ2n) is 6.92. The molecule has 0 aliphatic rings. The summed E-state index contributed by atoms with van der Waals surface area (Å²) in [4.78, 5) is 0. The predicted molar refractivity (Wildman–Crippen MR) is 94.2 cm³/mol. The third-order valence-corrected chi connectivity index (χ3v) is 4.55. The van der Waals surface area contributed by atoms with Crippen molar-refractivity contribution in [2.24, 2.45) is 11.8 Å². The Bertz CT molecular complexity index is 194. The van der Waals surface area contributed by atoms with Gasteiger partial charge in [0.1, 0.15) is 0 Å². The highest BCUT2D eigenvalue weighted by Crippen LogP contribution is 2.20. The minimum Gasteiger partial charge on any atom is -0.103 e. The number of hydrogen-bond donors (Lipinski definition) is 0. The molecule has 0 amide bonds. The molecular weight excluding hydrogens is 240 g/mol. The van der Waals surface area contributed by atoms with Crippen molar-refractivity contribution in [2.45, 2.75) is 104 Å². The molecule has 0 bridgehead atoms. The van der Waals surface area contributed by atoms with Crippen molar-refractivity contribution >= 4 is 0 Å². The fourth-order valence-corrected chi connectivity index (χ4v) is 2.97. The first-order valence-electron chi connectivity index (χ1n) is 9.31. The van der Waals surface area contributed by atoms with Gasteiger partial charge in [0, 0.05) is 0 Å². The minimum atomic E-state index is 0.946. The predicted octanol–water partition coefficient (Wildman–Crippen LogP) is 7.54. The molecule has 2 atom stereocenters. The molecule has 0 radical (unpaired) electrons. The van der Waals surface area contributed by atoms with Crippen LogP contribution in [0.15, 0.2) is 12.7 Å². The van der Waals surface area contributed by atoms with Crippen LogP contribution < -0.4 is 0 Å². The Morgan fingerprint density at radius 1 is 0.700 bits per heavy atom. The average Bonchev–Trinajstić information content (AvgIpc) is 2.44. The summed E-state index contributed by atoms with van der Waals surface area (Å²) in [5.74, 6) is 1.90. The van der Waals surface area contributed by atoms with E-state index in [0.29, 0.717) is 0 Å².